The van der Waals surface area contributed by atoms with Crippen LogP contribution in [0.3, 0.4) is 0 Å². The van der Waals surface area contributed by atoms with Crippen molar-refractivity contribution in [1.29, 1.82) is 0 Å². The van der Waals surface area contributed by atoms with E-state index in [1.807, 2.05) is 48.5 Å². The Balaban J connectivity index is 1.44. The predicted octanol–water partition coefficient (Wildman–Crippen LogP) is 3.48. The maximum Gasteiger partial charge on any atom is 0.417 e. The van der Waals surface area contributed by atoms with Gasteiger partial charge in [0.1, 0.15) is 11.9 Å². The Morgan fingerprint density at radius 2 is 1.68 bits per heavy atom. The highest BCUT2D eigenvalue weighted by atomic mass is 32.2. The van der Waals surface area contributed by atoms with Gasteiger partial charge in [0.15, 0.2) is 0 Å². The average molecular weight is 494 g/mol. The fourth-order valence-electron chi connectivity index (χ4n) is 4.22. The van der Waals surface area contributed by atoms with Gasteiger partial charge < -0.3 is 20.1 Å². The molecule has 2 aromatic rings. The molecule has 7 nitrogen and oxygen atoms in total. The van der Waals surface area contributed by atoms with Crippen molar-refractivity contribution in [3.63, 3.8) is 0 Å². The first-order chi connectivity index (χ1) is 16.2. The highest BCUT2D eigenvalue weighted by Gasteiger charge is 2.49. The van der Waals surface area contributed by atoms with Crippen LogP contribution < -0.4 is 5.32 Å². The summed E-state index contributed by atoms with van der Waals surface area (Å²) in [5.74, 6) is -2.80. The smallest absolute Gasteiger partial charge is 0.417 e. The third kappa shape index (κ3) is 4.84. The van der Waals surface area contributed by atoms with Crippen LogP contribution in [-0.4, -0.2) is 70.9 Å². The molecule has 1 saturated heterocycles. The van der Waals surface area contributed by atoms with Gasteiger partial charge in [-0.15, -0.1) is 11.8 Å². The minimum absolute atomic E-state index is 0.0494. The Bertz CT molecular complexity index is 1060. The SMILES string of the molecule is O=C(NC(C(=O)N1CCSC(C(=O)O)C1)C(F)(F)F)OCC1c2ccccc2-c2ccccc21. The van der Waals surface area contributed by atoms with Gasteiger partial charge in [-0.05, 0) is 22.3 Å². The number of nitrogens with zero attached hydrogens (tertiary/aromatic N) is 1. The number of benzene rings is 2. The summed E-state index contributed by atoms with van der Waals surface area (Å²) in [6.07, 6.45) is -6.45. The molecule has 1 heterocycles. The normalized spacial score (nSPS) is 18.6. The van der Waals surface area contributed by atoms with E-state index in [1.165, 1.54) is 0 Å². The number of aliphatic carboxylic acids is 1. The number of alkyl halides is 3. The van der Waals surface area contributed by atoms with Crippen LogP contribution in [-0.2, 0) is 14.3 Å². The number of carboxylic acid groups (broad SMARTS) is 1. The first-order valence-electron chi connectivity index (χ1n) is 10.5. The van der Waals surface area contributed by atoms with E-state index in [1.54, 1.807) is 5.32 Å². The number of carbonyl (C=O) groups excluding carboxylic acids is 2. The molecule has 0 spiro atoms. The van der Waals surface area contributed by atoms with Crippen LogP contribution in [0.25, 0.3) is 11.1 Å². The lowest BCUT2D eigenvalue weighted by Crippen LogP contribution is -2.58. The molecule has 2 N–H and O–H groups in total. The number of amides is 2. The zero-order valence-corrected chi connectivity index (χ0v) is 18.6. The number of thioether (sulfide) groups is 1. The van der Waals surface area contributed by atoms with Crippen molar-refractivity contribution in [3.8, 4) is 11.1 Å². The number of carboxylic acids is 1. The molecule has 0 radical (unpaired) electrons. The highest BCUT2D eigenvalue weighted by Crippen LogP contribution is 2.44. The first kappa shape index (κ1) is 23.9. The van der Waals surface area contributed by atoms with E-state index in [-0.39, 0.29) is 31.4 Å². The van der Waals surface area contributed by atoms with Crippen molar-refractivity contribution >= 4 is 29.7 Å². The number of ether oxygens (including phenoxy) is 1. The van der Waals surface area contributed by atoms with E-state index in [9.17, 15) is 27.6 Å². The molecule has 4 rings (SSSR count). The topological polar surface area (TPSA) is 95.9 Å². The monoisotopic (exact) mass is 494 g/mol. The molecular formula is C23H21F3N2O5S. The van der Waals surface area contributed by atoms with Gasteiger partial charge in [0.25, 0.3) is 5.91 Å². The standard InChI is InChI=1S/C23H21F3N2O5S/c24-23(25,26)19(20(29)28-9-10-34-18(11-28)21(30)31)27-22(32)33-12-17-15-7-3-1-5-13(15)14-6-2-4-8-16(14)17/h1-8,17-19H,9-12H2,(H,27,32)(H,30,31). The summed E-state index contributed by atoms with van der Waals surface area (Å²) >= 11 is 1.05. The largest absolute Gasteiger partial charge is 0.480 e. The lowest BCUT2D eigenvalue weighted by Gasteiger charge is -2.33. The minimum atomic E-state index is -5.08. The minimum Gasteiger partial charge on any atom is -0.480 e. The number of hydrogen-bond donors (Lipinski definition) is 2. The van der Waals surface area contributed by atoms with Gasteiger partial charge in [0, 0.05) is 24.8 Å². The molecular weight excluding hydrogens is 473 g/mol. The predicted molar refractivity (Wildman–Crippen MR) is 119 cm³/mol. The third-order valence-corrected chi connectivity index (χ3v) is 7.01. The fourth-order valence-corrected chi connectivity index (χ4v) is 5.26. The van der Waals surface area contributed by atoms with Crippen molar-refractivity contribution in [1.82, 2.24) is 10.2 Å². The highest BCUT2D eigenvalue weighted by molar-refractivity contribution is 8.00. The molecule has 2 amide bonds. The Labute approximate surface area is 197 Å². The van der Waals surface area contributed by atoms with Crippen molar-refractivity contribution in [2.75, 3.05) is 25.4 Å². The molecule has 0 saturated carbocycles. The van der Waals surface area contributed by atoms with Crippen molar-refractivity contribution in [3.05, 3.63) is 59.7 Å². The van der Waals surface area contributed by atoms with Crippen LogP contribution in [0.5, 0.6) is 0 Å². The number of carbonyl (C=O) groups is 3. The van der Waals surface area contributed by atoms with Gasteiger partial charge in [-0.1, -0.05) is 48.5 Å². The molecule has 1 fully saturated rings. The van der Waals surface area contributed by atoms with Gasteiger partial charge in [-0.25, -0.2) is 4.79 Å². The van der Waals surface area contributed by atoms with Gasteiger partial charge in [-0.3, -0.25) is 9.59 Å². The molecule has 1 aliphatic carbocycles. The van der Waals surface area contributed by atoms with Crippen LogP contribution in [0, 0.1) is 0 Å². The van der Waals surface area contributed by atoms with Crippen LogP contribution in [0.15, 0.2) is 48.5 Å². The van der Waals surface area contributed by atoms with Crippen LogP contribution >= 0.6 is 11.8 Å². The van der Waals surface area contributed by atoms with Gasteiger partial charge in [-0.2, -0.15) is 13.2 Å². The van der Waals surface area contributed by atoms with Crippen molar-refractivity contribution < 1.29 is 37.4 Å². The third-order valence-electron chi connectivity index (χ3n) is 5.83. The number of hydrogen-bond acceptors (Lipinski definition) is 5. The van der Waals surface area contributed by atoms with E-state index >= 15 is 0 Å². The summed E-state index contributed by atoms with van der Waals surface area (Å²) in [6, 6.07) is 12.2. The van der Waals surface area contributed by atoms with Crippen LogP contribution in [0.1, 0.15) is 17.0 Å². The first-order valence-corrected chi connectivity index (χ1v) is 11.5. The molecule has 2 aromatic carbocycles. The lowest BCUT2D eigenvalue weighted by molar-refractivity contribution is -0.174. The second kappa shape index (κ2) is 9.57. The van der Waals surface area contributed by atoms with Crippen molar-refractivity contribution in [2.24, 2.45) is 0 Å². The average Bonchev–Trinajstić information content (AvgIpc) is 3.14. The zero-order chi connectivity index (χ0) is 24.5. The summed E-state index contributed by atoms with van der Waals surface area (Å²) < 4.78 is 46.1. The lowest BCUT2D eigenvalue weighted by atomic mass is 9.98. The molecule has 180 valence electrons. The second-order valence-corrected chi connectivity index (χ2v) is 9.24. The molecule has 34 heavy (non-hydrogen) atoms. The van der Waals surface area contributed by atoms with Gasteiger partial charge in [0.2, 0.25) is 6.04 Å². The number of halogens is 3. The Kier molecular flexibility index (Phi) is 6.74. The van der Waals surface area contributed by atoms with Gasteiger partial charge >= 0.3 is 18.2 Å². The maximum absolute atomic E-state index is 13.6. The molecule has 2 unspecified atom stereocenters. The van der Waals surface area contributed by atoms with E-state index in [2.05, 4.69) is 0 Å². The molecule has 11 heteroatoms. The zero-order valence-electron chi connectivity index (χ0n) is 17.7. The van der Waals surface area contributed by atoms with E-state index < -0.39 is 35.4 Å². The molecule has 0 bridgehead atoms. The number of fused-ring (bicyclic) bond motifs is 3. The summed E-state index contributed by atoms with van der Waals surface area (Å²) in [4.78, 5) is 36.9. The second-order valence-electron chi connectivity index (χ2n) is 7.93. The molecule has 2 aliphatic rings. The fraction of sp³-hybridized carbons (Fsp3) is 0.348. The molecule has 1 aliphatic heterocycles. The number of nitrogens with one attached hydrogen (secondary N) is 1. The van der Waals surface area contributed by atoms with E-state index in [0.29, 0.717) is 0 Å². The summed E-state index contributed by atoms with van der Waals surface area (Å²) in [6.45, 7) is -0.635. The van der Waals surface area contributed by atoms with Gasteiger partial charge in [0.05, 0.1) is 0 Å². The summed E-state index contributed by atoms with van der Waals surface area (Å²) in [5, 5.41) is 9.74. The van der Waals surface area contributed by atoms with Crippen LogP contribution in [0.2, 0.25) is 0 Å². The van der Waals surface area contributed by atoms with Crippen molar-refractivity contribution in [2.45, 2.75) is 23.4 Å². The number of alkyl carbamates (subject to hydrolysis) is 1. The Morgan fingerprint density at radius 3 is 2.24 bits per heavy atom. The summed E-state index contributed by atoms with van der Waals surface area (Å²) in [5.41, 5.74) is 3.72. The molecule has 0 aromatic heterocycles. The van der Waals surface area contributed by atoms with E-state index in [4.69, 9.17) is 9.84 Å². The van der Waals surface area contributed by atoms with Crippen LogP contribution in [0.4, 0.5) is 18.0 Å². The molecule has 2 atom stereocenters. The summed E-state index contributed by atoms with van der Waals surface area (Å²) in [7, 11) is 0. The number of rotatable bonds is 5. The maximum atomic E-state index is 13.6. The quantitative estimate of drug-likeness (QED) is 0.661. The Hall–Kier alpha value is -3.21. The van der Waals surface area contributed by atoms with E-state index in [0.717, 1.165) is 38.9 Å². The Morgan fingerprint density at radius 1 is 1.09 bits per heavy atom.